The first kappa shape index (κ1) is 14.1. The number of rotatable bonds is 2. The predicted molar refractivity (Wildman–Crippen MR) is 81.2 cm³/mol. The molecule has 1 aliphatic heterocycles. The van der Waals surface area contributed by atoms with E-state index in [1.807, 2.05) is 6.92 Å². The SMILES string of the molecule is C/C(F)=C(\C)c1ccc2c(c1)CCCCN2C(C)C. The highest BCUT2D eigenvalue weighted by molar-refractivity contribution is 5.69. The van der Waals surface area contributed by atoms with Crippen molar-refractivity contribution in [3.63, 3.8) is 0 Å². The monoisotopic (exact) mass is 261 g/mol. The van der Waals surface area contributed by atoms with Crippen molar-refractivity contribution in [1.82, 2.24) is 0 Å². The molecule has 1 aliphatic rings. The number of benzene rings is 1. The van der Waals surface area contributed by atoms with Crippen molar-refractivity contribution in [3.05, 3.63) is 35.2 Å². The standard InChI is InChI=1S/C17H24FN/c1-12(2)19-10-6-5-7-16-11-15(8-9-17(16)19)13(3)14(4)18/h8-9,11-12H,5-7,10H2,1-4H3/b14-13-. The molecule has 0 N–H and O–H groups in total. The number of fused-ring (bicyclic) bond motifs is 1. The Bertz CT molecular complexity index is 484. The minimum absolute atomic E-state index is 0.0886. The first-order chi connectivity index (χ1) is 9.00. The molecule has 104 valence electrons. The molecule has 1 aromatic carbocycles. The highest BCUT2D eigenvalue weighted by Gasteiger charge is 2.18. The van der Waals surface area contributed by atoms with Gasteiger partial charge in [0.1, 0.15) is 5.83 Å². The molecule has 1 nitrogen and oxygen atoms in total. The van der Waals surface area contributed by atoms with Gasteiger partial charge in [-0.25, -0.2) is 4.39 Å². The molecule has 0 fully saturated rings. The molecule has 0 bridgehead atoms. The molecule has 0 amide bonds. The minimum Gasteiger partial charge on any atom is -0.369 e. The molecule has 0 atom stereocenters. The zero-order valence-corrected chi connectivity index (χ0v) is 12.5. The van der Waals surface area contributed by atoms with Gasteiger partial charge in [0.25, 0.3) is 0 Å². The van der Waals surface area contributed by atoms with Crippen LogP contribution in [0.25, 0.3) is 5.57 Å². The number of hydrogen-bond donors (Lipinski definition) is 0. The summed E-state index contributed by atoms with van der Waals surface area (Å²) in [5.41, 5.74) is 4.47. The van der Waals surface area contributed by atoms with Crippen LogP contribution < -0.4 is 4.90 Å². The van der Waals surface area contributed by atoms with E-state index >= 15 is 0 Å². The number of nitrogens with zero attached hydrogens (tertiary/aromatic N) is 1. The largest absolute Gasteiger partial charge is 0.369 e. The summed E-state index contributed by atoms with van der Waals surface area (Å²) in [6, 6.07) is 6.91. The first-order valence-electron chi connectivity index (χ1n) is 7.23. The summed E-state index contributed by atoms with van der Waals surface area (Å²) in [6.45, 7) is 8.98. The average molecular weight is 261 g/mol. The second-order valence-electron chi connectivity index (χ2n) is 5.75. The summed E-state index contributed by atoms with van der Waals surface area (Å²) in [5, 5.41) is 0. The van der Waals surface area contributed by atoms with Crippen LogP contribution in [0.15, 0.2) is 24.0 Å². The fourth-order valence-electron chi connectivity index (χ4n) is 2.75. The topological polar surface area (TPSA) is 3.24 Å². The van der Waals surface area contributed by atoms with Gasteiger partial charge in [-0.05, 0) is 75.8 Å². The number of aryl methyl sites for hydroxylation is 1. The van der Waals surface area contributed by atoms with Crippen molar-refractivity contribution in [1.29, 1.82) is 0 Å². The van der Waals surface area contributed by atoms with Crippen molar-refractivity contribution < 1.29 is 4.39 Å². The molecule has 2 heteroatoms. The van der Waals surface area contributed by atoms with Crippen molar-refractivity contribution in [2.75, 3.05) is 11.4 Å². The van der Waals surface area contributed by atoms with Crippen molar-refractivity contribution in [2.24, 2.45) is 0 Å². The Labute approximate surface area is 116 Å². The van der Waals surface area contributed by atoms with E-state index in [1.165, 1.54) is 31.0 Å². The molecule has 19 heavy (non-hydrogen) atoms. The van der Waals surface area contributed by atoms with Crippen LogP contribution in [0, 0.1) is 0 Å². The molecule has 0 spiro atoms. The average Bonchev–Trinajstić information content (AvgIpc) is 2.58. The Balaban J connectivity index is 2.44. The second-order valence-corrected chi connectivity index (χ2v) is 5.75. The molecule has 2 rings (SSSR count). The van der Waals surface area contributed by atoms with Gasteiger partial charge in [-0.1, -0.05) is 6.07 Å². The summed E-state index contributed by atoms with van der Waals surface area (Å²) >= 11 is 0. The summed E-state index contributed by atoms with van der Waals surface area (Å²) < 4.78 is 13.4. The van der Waals surface area contributed by atoms with Crippen molar-refractivity contribution >= 4 is 11.3 Å². The predicted octanol–water partition coefficient (Wildman–Crippen LogP) is 4.96. The van der Waals surface area contributed by atoms with E-state index in [-0.39, 0.29) is 5.83 Å². The van der Waals surface area contributed by atoms with Crippen LogP contribution in [-0.4, -0.2) is 12.6 Å². The van der Waals surface area contributed by atoms with Crippen LogP contribution in [0.2, 0.25) is 0 Å². The maximum absolute atomic E-state index is 13.4. The molecule has 0 saturated carbocycles. The summed E-state index contributed by atoms with van der Waals surface area (Å²) in [6.07, 6.45) is 3.56. The van der Waals surface area contributed by atoms with E-state index in [4.69, 9.17) is 0 Å². The maximum Gasteiger partial charge on any atom is 0.100 e. The van der Waals surface area contributed by atoms with Gasteiger partial charge in [0, 0.05) is 18.3 Å². The normalized spacial score (nSPS) is 17.1. The lowest BCUT2D eigenvalue weighted by Crippen LogP contribution is -2.31. The van der Waals surface area contributed by atoms with Crippen LogP contribution in [0.3, 0.4) is 0 Å². The quantitative estimate of drug-likeness (QED) is 0.727. The maximum atomic E-state index is 13.4. The highest BCUT2D eigenvalue weighted by Crippen LogP contribution is 2.31. The van der Waals surface area contributed by atoms with Crippen LogP contribution in [-0.2, 0) is 6.42 Å². The lowest BCUT2D eigenvalue weighted by Gasteiger charge is -2.29. The van der Waals surface area contributed by atoms with Crippen LogP contribution in [0.4, 0.5) is 10.1 Å². The Morgan fingerprint density at radius 3 is 2.58 bits per heavy atom. The van der Waals surface area contributed by atoms with Crippen molar-refractivity contribution in [2.45, 2.75) is 53.0 Å². The molecule has 1 aromatic rings. The van der Waals surface area contributed by atoms with Gasteiger partial charge >= 0.3 is 0 Å². The zero-order valence-electron chi connectivity index (χ0n) is 12.5. The molecule has 0 aromatic heterocycles. The smallest absolute Gasteiger partial charge is 0.100 e. The molecule has 0 unspecified atom stereocenters. The number of allylic oxidation sites excluding steroid dienone is 2. The zero-order chi connectivity index (χ0) is 14.0. The Morgan fingerprint density at radius 2 is 1.95 bits per heavy atom. The molecular weight excluding hydrogens is 237 g/mol. The lowest BCUT2D eigenvalue weighted by atomic mass is 9.99. The molecule has 0 aliphatic carbocycles. The van der Waals surface area contributed by atoms with Crippen LogP contribution in [0.5, 0.6) is 0 Å². The third kappa shape index (κ3) is 2.99. The number of hydrogen-bond acceptors (Lipinski definition) is 1. The van der Waals surface area contributed by atoms with Gasteiger partial charge in [0.15, 0.2) is 0 Å². The van der Waals surface area contributed by atoms with Crippen LogP contribution >= 0.6 is 0 Å². The Kier molecular flexibility index (Phi) is 4.28. The van der Waals surface area contributed by atoms with Gasteiger partial charge in [0.05, 0.1) is 0 Å². The second kappa shape index (κ2) is 5.77. The Morgan fingerprint density at radius 1 is 1.21 bits per heavy atom. The summed E-state index contributed by atoms with van der Waals surface area (Å²) in [4.78, 5) is 2.47. The van der Waals surface area contributed by atoms with E-state index in [1.54, 1.807) is 0 Å². The van der Waals surface area contributed by atoms with Gasteiger partial charge in [-0.3, -0.25) is 0 Å². The van der Waals surface area contributed by atoms with Crippen LogP contribution in [0.1, 0.15) is 51.7 Å². The fourth-order valence-corrected chi connectivity index (χ4v) is 2.75. The minimum atomic E-state index is -0.0886. The third-order valence-electron chi connectivity index (χ3n) is 4.06. The molecule has 1 heterocycles. The summed E-state index contributed by atoms with van der Waals surface area (Å²) in [5.74, 6) is -0.0886. The third-order valence-corrected chi connectivity index (χ3v) is 4.06. The van der Waals surface area contributed by atoms with E-state index in [0.29, 0.717) is 6.04 Å². The number of halogens is 1. The first-order valence-corrected chi connectivity index (χ1v) is 7.23. The molecule has 0 radical (unpaired) electrons. The van der Waals surface area contributed by atoms with E-state index in [9.17, 15) is 4.39 Å². The van der Waals surface area contributed by atoms with Gasteiger partial charge in [-0.15, -0.1) is 0 Å². The van der Waals surface area contributed by atoms with Gasteiger partial charge in [0.2, 0.25) is 0 Å². The fraction of sp³-hybridized carbons (Fsp3) is 0.529. The lowest BCUT2D eigenvalue weighted by molar-refractivity contribution is 0.643. The van der Waals surface area contributed by atoms with Gasteiger partial charge in [-0.2, -0.15) is 0 Å². The molecular formula is C17H24FN. The highest BCUT2D eigenvalue weighted by atomic mass is 19.1. The summed E-state index contributed by atoms with van der Waals surface area (Å²) in [7, 11) is 0. The van der Waals surface area contributed by atoms with Crippen molar-refractivity contribution in [3.8, 4) is 0 Å². The van der Waals surface area contributed by atoms with E-state index < -0.39 is 0 Å². The van der Waals surface area contributed by atoms with E-state index in [2.05, 4.69) is 36.9 Å². The van der Waals surface area contributed by atoms with E-state index in [0.717, 1.165) is 24.1 Å². The molecule has 0 saturated heterocycles. The Hall–Kier alpha value is -1.31. The van der Waals surface area contributed by atoms with Gasteiger partial charge < -0.3 is 4.90 Å². The number of anilines is 1.